The van der Waals surface area contributed by atoms with E-state index in [2.05, 4.69) is 17.2 Å². The van der Waals surface area contributed by atoms with Crippen molar-refractivity contribution in [3.63, 3.8) is 0 Å². The van der Waals surface area contributed by atoms with Gasteiger partial charge in [0.2, 0.25) is 5.91 Å². The molecule has 0 unspecified atom stereocenters. The fourth-order valence-electron chi connectivity index (χ4n) is 1.69. The predicted molar refractivity (Wildman–Crippen MR) is 66.5 cm³/mol. The van der Waals surface area contributed by atoms with Crippen LogP contribution in [0.3, 0.4) is 0 Å². The molecule has 2 aromatic rings. The summed E-state index contributed by atoms with van der Waals surface area (Å²) < 4.78 is 0. The van der Waals surface area contributed by atoms with Gasteiger partial charge in [0.25, 0.3) is 0 Å². The van der Waals surface area contributed by atoms with E-state index in [1.54, 1.807) is 0 Å². The van der Waals surface area contributed by atoms with Crippen LogP contribution in [-0.2, 0) is 4.79 Å². The molecule has 3 nitrogen and oxygen atoms in total. The molecule has 0 aliphatic rings. The average molecular weight is 216 g/mol. The van der Waals surface area contributed by atoms with Gasteiger partial charge in [-0.1, -0.05) is 13.3 Å². The number of hydrogen-bond donors (Lipinski definition) is 2. The molecule has 2 rings (SSSR count). The van der Waals surface area contributed by atoms with Crippen LogP contribution in [0.4, 0.5) is 5.69 Å². The highest BCUT2D eigenvalue weighted by molar-refractivity contribution is 5.93. The molecule has 0 fully saturated rings. The molecule has 3 heteroatoms. The molecule has 0 aliphatic heterocycles. The molecule has 0 radical (unpaired) electrons. The number of carbonyl (C=O) groups is 1. The highest BCUT2D eigenvalue weighted by Gasteiger charge is 2.02. The molecule has 1 aromatic heterocycles. The van der Waals surface area contributed by atoms with Crippen LogP contribution in [-0.4, -0.2) is 10.9 Å². The van der Waals surface area contributed by atoms with Crippen molar-refractivity contribution in [2.45, 2.75) is 26.2 Å². The van der Waals surface area contributed by atoms with Crippen LogP contribution in [0.25, 0.3) is 10.9 Å². The van der Waals surface area contributed by atoms with Crippen molar-refractivity contribution >= 4 is 22.5 Å². The lowest BCUT2D eigenvalue weighted by Crippen LogP contribution is -2.10. The van der Waals surface area contributed by atoms with Gasteiger partial charge in [0.05, 0.1) is 0 Å². The molecule has 0 saturated carbocycles. The lowest BCUT2D eigenvalue weighted by atomic mass is 10.2. The number of hydrogen-bond acceptors (Lipinski definition) is 1. The summed E-state index contributed by atoms with van der Waals surface area (Å²) >= 11 is 0. The smallest absolute Gasteiger partial charge is 0.224 e. The van der Waals surface area contributed by atoms with E-state index in [4.69, 9.17) is 0 Å². The minimum atomic E-state index is 0.0942. The highest BCUT2D eigenvalue weighted by atomic mass is 16.1. The highest BCUT2D eigenvalue weighted by Crippen LogP contribution is 2.17. The number of rotatable bonds is 4. The van der Waals surface area contributed by atoms with Gasteiger partial charge in [-0.05, 0) is 30.7 Å². The number of fused-ring (bicyclic) bond motifs is 1. The van der Waals surface area contributed by atoms with E-state index in [9.17, 15) is 4.79 Å². The molecule has 1 heterocycles. The number of aromatic amines is 1. The summed E-state index contributed by atoms with van der Waals surface area (Å²) in [5.74, 6) is 0.0942. The van der Waals surface area contributed by atoms with Gasteiger partial charge < -0.3 is 10.3 Å². The van der Waals surface area contributed by atoms with Crippen LogP contribution >= 0.6 is 0 Å². The number of amides is 1. The fourth-order valence-corrected chi connectivity index (χ4v) is 1.69. The minimum absolute atomic E-state index is 0.0942. The van der Waals surface area contributed by atoms with Gasteiger partial charge in [0.15, 0.2) is 0 Å². The fraction of sp³-hybridized carbons (Fsp3) is 0.308. The van der Waals surface area contributed by atoms with Crippen molar-refractivity contribution in [1.82, 2.24) is 4.98 Å². The first-order valence-corrected chi connectivity index (χ1v) is 5.66. The van der Waals surface area contributed by atoms with Crippen molar-refractivity contribution in [3.05, 3.63) is 30.5 Å². The van der Waals surface area contributed by atoms with Crippen LogP contribution in [0, 0.1) is 0 Å². The zero-order chi connectivity index (χ0) is 11.4. The van der Waals surface area contributed by atoms with E-state index in [1.807, 2.05) is 30.5 Å². The first-order chi connectivity index (χ1) is 7.79. The molecule has 1 aromatic carbocycles. The second-order valence-corrected chi connectivity index (χ2v) is 3.93. The third-order valence-corrected chi connectivity index (χ3v) is 2.59. The van der Waals surface area contributed by atoms with Gasteiger partial charge in [-0.3, -0.25) is 4.79 Å². The van der Waals surface area contributed by atoms with E-state index >= 15 is 0 Å². The maximum Gasteiger partial charge on any atom is 0.224 e. The minimum Gasteiger partial charge on any atom is -0.361 e. The lowest BCUT2D eigenvalue weighted by Gasteiger charge is -2.04. The van der Waals surface area contributed by atoms with Crippen molar-refractivity contribution in [3.8, 4) is 0 Å². The van der Waals surface area contributed by atoms with Crippen LogP contribution in [0.1, 0.15) is 26.2 Å². The summed E-state index contributed by atoms with van der Waals surface area (Å²) in [6.45, 7) is 2.08. The Morgan fingerprint density at radius 1 is 1.38 bits per heavy atom. The molecule has 0 spiro atoms. The molecule has 2 N–H and O–H groups in total. The Morgan fingerprint density at radius 2 is 2.25 bits per heavy atom. The van der Waals surface area contributed by atoms with Crippen LogP contribution in [0.15, 0.2) is 30.5 Å². The number of benzene rings is 1. The largest absolute Gasteiger partial charge is 0.361 e. The monoisotopic (exact) mass is 216 g/mol. The summed E-state index contributed by atoms with van der Waals surface area (Å²) in [6, 6.07) is 7.88. The standard InChI is InChI=1S/C13H16N2O/c1-2-3-4-13(16)15-11-5-6-12-10(9-11)7-8-14-12/h5-9,14H,2-4H2,1H3,(H,15,16). The number of aromatic nitrogens is 1. The van der Waals surface area contributed by atoms with Gasteiger partial charge in [0, 0.05) is 29.2 Å². The number of H-pyrrole nitrogens is 1. The summed E-state index contributed by atoms with van der Waals surface area (Å²) in [4.78, 5) is 14.6. The Bertz CT molecular complexity index is 487. The molecule has 0 aliphatic carbocycles. The van der Waals surface area contributed by atoms with Crippen LogP contribution in [0.2, 0.25) is 0 Å². The maximum absolute atomic E-state index is 11.5. The molecule has 1 amide bonds. The van der Waals surface area contributed by atoms with Gasteiger partial charge >= 0.3 is 0 Å². The molecule has 0 atom stereocenters. The quantitative estimate of drug-likeness (QED) is 0.809. The molecule has 84 valence electrons. The zero-order valence-corrected chi connectivity index (χ0v) is 9.42. The van der Waals surface area contributed by atoms with E-state index in [0.29, 0.717) is 6.42 Å². The SMILES string of the molecule is CCCCC(=O)Nc1ccc2[nH]ccc2c1. The number of anilines is 1. The first-order valence-electron chi connectivity index (χ1n) is 5.66. The predicted octanol–water partition coefficient (Wildman–Crippen LogP) is 3.30. The Morgan fingerprint density at radius 3 is 3.06 bits per heavy atom. The maximum atomic E-state index is 11.5. The van der Waals surface area contributed by atoms with E-state index < -0.39 is 0 Å². The zero-order valence-electron chi connectivity index (χ0n) is 9.42. The number of carbonyl (C=O) groups excluding carboxylic acids is 1. The third kappa shape index (κ3) is 2.42. The summed E-state index contributed by atoms with van der Waals surface area (Å²) in [6.07, 6.45) is 4.48. The van der Waals surface area contributed by atoms with Crippen molar-refractivity contribution in [1.29, 1.82) is 0 Å². The molecule has 16 heavy (non-hydrogen) atoms. The van der Waals surface area contributed by atoms with E-state index in [-0.39, 0.29) is 5.91 Å². The van der Waals surface area contributed by atoms with Crippen molar-refractivity contribution in [2.75, 3.05) is 5.32 Å². The van der Waals surface area contributed by atoms with Gasteiger partial charge in [-0.25, -0.2) is 0 Å². The van der Waals surface area contributed by atoms with Crippen molar-refractivity contribution < 1.29 is 4.79 Å². The average Bonchev–Trinajstić information content (AvgIpc) is 2.73. The number of unbranched alkanes of at least 4 members (excludes halogenated alkanes) is 1. The Hall–Kier alpha value is -1.77. The Kier molecular flexibility index (Phi) is 3.25. The van der Waals surface area contributed by atoms with Crippen LogP contribution < -0.4 is 5.32 Å². The molecular formula is C13H16N2O. The second-order valence-electron chi connectivity index (χ2n) is 3.93. The Balaban J connectivity index is 2.06. The second kappa shape index (κ2) is 4.84. The normalized spacial score (nSPS) is 10.6. The number of nitrogens with one attached hydrogen (secondary N) is 2. The van der Waals surface area contributed by atoms with E-state index in [0.717, 1.165) is 29.4 Å². The van der Waals surface area contributed by atoms with Gasteiger partial charge in [0.1, 0.15) is 0 Å². The Labute approximate surface area is 94.9 Å². The first kappa shape index (κ1) is 10.7. The van der Waals surface area contributed by atoms with Gasteiger partial charge in [-0.15, -0.1) is 0 Å². The van der Waals surface area contributed by atoms with Crippen molar-refractivity contribution in [2.24, 2.45) is 0 Å². The third-order valence-electron chi connectivity index (χ3n) is 2.59. The summed E-state index contributed by atoms with van der Waals surface area (Å²) in [5, 5.41) is 4.02. The molecular weight excluding hydrogens is 200 g/mol. The topological polar surface area (TPSA) is 44.9 Å². The lowest BCUT2D eigenvalue weighted by molar-refractivity contribution is -0.116. The van der Waals surface area contributed by atoms with Crippen LogP contribution in [0.5, 0.6) is 0 Å². The van der Waals surface area contributed by atoms with E-state index in [1.165, 1.54) is 0 Å². The van der Waals surface area contributed by atoms with Gasteiger partial charge in [-0.2, -0.15) is 0 Å². The molecule has 0 saturated heterocycles. The molecule has 0 bridgehead atoms. The summed E-state index contributed by atoms with van der Waals surface area (Å²) in [7, 11) is 0. The summed E-state index contributed by atoms with van der Waals surface area (Å²) in [5.41, 5.74) is 1.96.